The van der Waals surface area contributed by atoms with Gasteiger partial charge in [-0.3, -0.25) is 0 Å². The van der Waals surface area contributed by atoms with E-state index in [1.165, 1.54) is 6.42 Å². The third-order valence-corrected chi connectivity index (χ3v) is 4.47. The molecule has 0 aromatic carbocycles. The Morgan fingerprint density at radius 2 is 2.05 bits per heavy atom. The van der Waals surface area contributed by atoms with E-state index in [-0.39, 0.29) is 12.1 Å². The molecule has 21 heavy (non-hydrogen) atoms. The lowest BCUT2D eigenvalue weighted by atomic mass is 9.78. The molecule has 122 valence electrons. The number of carboxylic acids is 1. The average molecular weight is 300 g/mol. The highest BCUT2D eigenvalue weighted by atomic mass is 16.5. The summed E-state index contributed by atoms with van der Waals surface area (Å²) in [5, 5.41) is 14.6. The van der Waals surface area contributed by atoms with Gasteiger partial charge in [0.05, 0.1) is 0 Å². The zero-order chi connectivity index (χ0) is 15.8. The van der Waals surface area contributed by atoms with Gasteiger partial charge in [0.2, 0.25) is 0 Å². The van der Waals surface area contributed by atoms with Crippen molar-refractivity contribution in [2.45, 2.75) is 58.0 Å². The van der Waals surface area contributed by atoms with Gasteiger partial charge in [-0.2, -0.15) is 0 Å². The van der Waals surface area contributed by atoms with E-state index in [1.54, 1.807) is 7.11 Å². The van der Waals surface area contributed by atoms with Gasteiger partial charge in [-0.25, -0.2) is 9.59 Å². The first-order valence-corrected chi connectivity index (χ1v) is 7.74. The van der Waals surface area contributed by atoms with Gasteiger partial charge in [0, 0.05) is 19.8 Å². The summed E-state index contributed by atoms with van der Waals surface area (Å²) in [6.07, 6.45) is 4.22. The molecule has 0 saturated heterocycles. The molecule has 4 unspecified atom stereocenters. The SMILES string of the molecule is COCCCC(NC(=O)NC1CCCC(C)C1C)C(=O)O. The highest BCUT2D eigenvalue weighted by Crippen LogP contribution is 2.29. The van der Waals surface area contributed by atoms with Gasteiger partial charge in [-0.1, -0.05) is 26.7 Å². The van der Waals surface area contributed by atoms with Crippen LogP contribution in [-0.4, -0.2) is 42.9 Å². The highest BCUT2D eigenvalue weighted by Gasteiger charge is 2.29. The number of ether oxygens (including phenoxy) is 1. The number of carbonyl (C=O) groups excluding carboxylic acids is 1. The molecule has 6 nitrogen and oxygen atoms in total. The lowest BCUT2D eigenvalue weighted by molar-refractivity contribution is -0.139. The van der Waals surface area contributed by atoms with Crippen LogP contribution >= 0.6 is 0 Å². The lowest BCUT2D eigenvalue weighted by Gasteiger charge is -2.34. The molecule has 1 saturated carbocycles. The third-order valence-electron chi connectivity index (χ3n) is 4.47. The predicted octanol–water partition coefficient (Wildman–Crippen LogP) is 1.99. The van der Waals surface area contributed by atoms with E-state index >= 15 is 0 Å². The Hall–Kier alpha value is -1.30. The lowest BCUT2D eigenvalue weighted by Crippen LogP contribution is -2.52. The first kappa shape index (κ1) is 17.8. The standard InChI is InChI=1S/C15H28N2O4/c1-10-6-4-7-12(11(10)2)16-15(20)17-13(14(18)19)8-5-9-21-3/h10-13H,4-9H2,1-3H3,(H,18,19)(H2,16,17,20). The van der Waals surface area contributed by atoms with Gasteiger partial charge in [-0.05, 0) is 31.1 Å². The summed E-state index contributed by atoms with van der Waals surface area (Å²) < 4.78 is 4.90. The van der Waals surface area contributed by atoms with Gasteiger partial charge in [0.25, 0.3) is 0 Å². The van der Waals surface area contributed by atoms with Crippen molar-refractivity contribution in [2.75, 3.05) is 13.7 Å². The quantitative estimate of drug-likeness (QED) is 0.627. The molecular formula is C15H28N2O4. The number of rotatable bonds is 7. The van der Waals surface area contributed by atoms with Gasteiger partial charge in [-0.15, -0.1) is 0 Å². The maximum absolute atomic E-state index is 12.0. The molecule has 1 aliphatic carbocycles. The number of nitrogens with one attached hydrogen (secondary N) is 2. The highest BCUT2D eigenvalue weighted by molar-refractivity contribution is 5.82. The van der Waals surface area contributed by atoms with Crippen molar-refractivity contribution in [1.82, 2.24) is 10.6 Å². The number of aliphatic carboxylic acids is 1. The number of carbonyl (C=O) groups is 2. The van der Waals surface area contributed by atoms with E-state index in [1.807, 2.05) is 0 Å². The summed E-state index contributed by atoms with van der Waals surface area (Å²) in [6.45, 7) is 4.83. The molecule has 0 aromatic heterocycles. The predicted molar refractivity (Wildman–Crippen MR) is 80.2 cm³/mol. The first-order chi connectivity index (χ1) is 9.95. The van der Waals surface area contributed by atoms with Gasteiger partial charge < -0.3 is 20.5 Å². The van der Waals surface area contributed by atoms with E-state index in [0.717, 1.165) is 12.8 Å². The minimum atomic E-state index is -1.01. The Bertz CT molecular complexity index is 349. The largest absolute Gasteiger partial charge is 0.480 e. The number of carboxylic acid groups (broad SMARTS) is 1. The second-order valence-corrected chi connectivity index (χ2v) is 6.02. The van der Waals surface area contributed by atoms with Crippen LogP contribution in [0.4, 0.5) is 4.79 Å². The fourth-order valence-corrected chi connectivity index (χ4v) is 2.84. The molecule has 4 atom stereocenters. The van der Waals surface area contributed by atoms with E-state index in [2.05, 4.69) is 24.5 Å². The van der Waals surface area contributed by atoms with Crippen LogP contribution in [0.1, 0.15) is 46.0 Å². The monoisotopic (exact) mass is 300 g/mol. The second kappa shape index (κ2) is 8.87. The van der Waals surface area contributed by atoms with Crippen LogP contribution in [0.3, 0.4) is 0 Å². The van der Waals surface area contributed by atoms with Crippen LogP contribution in [0.25, 0.3) is 0 Å². The summed E-state index contributed by atoms with van der Waals surface area (Å²) in [5.41, 5.74) is 0. The summed E-state index contributed by atoms with van der Waals surface area (Å²) in [5.74, 6) is -0.00592. The molecule has 1 aliphatic rings. The zero-order valence-electron chi connectivity index (χ0n) is 13.2. The number of methoxy groups -OCH3 is 1. The summed E-state index contributed by atoms with van der Waals surface area (Å²) in [6, 6.07) is -1.12. The Kier molecular flexibility index (Phi) is 7.50. The number of hydrogen-bond donors (Lipinski definition) is 3. The van der Waals surface area contributed by atoms with Crippen LogP contribution in [0.5, 0.6) is 0 Å². The molecule has 3 N–H and O–H groups in total. The van der Waals surface area contributed by atoms with Crippen molar-refractivity contribution in [3.05, 3.63) is 0 Å². The van der Waals surface area contributed by atoms with Crippen molar-refractivity contribution >= 4 is 12.0 Å². The van der Waals surface area contributed by atoms with E-state index in [0.29, 0.717) is 31.3 Å². The fourth-order valence-electron chi connectivity index (χ4n) is 2.84. The summed E-state index contributed by atoms with van der Waals surface area (Å²) >= 11 is 0. The minimum absolute atomic E-state index is 0.127. The van der Waals surface area contributed by atoms with Crippen molar-refractivity contribution < 1.29 is 19.4 Å². The molecule has 0 aliphatic heterocycles. The molecule has 6 heteroatoms. The molecule has 0 bridgehead atoms. The van der Waals surface area contributed by atoms with Crippen LogP contribution in [0.2, 0.25) is 0 Å². The van der Waals surface area contributed by atoms with Crippen molar-refractivity contribution in [2.24, 2.45) is 11.8 Å². The number of hydrogen-bond acceptors (Lipinski definition) is 3. The molecule has 1 rings (SSSR count). The minimum Gasteiger partial charge on any atom is -0.480 e. The van der Waals surface area contributed by atoms with Crippen LogP contribution in [0.15, 0.2) is 0 Å². The molecule has 0 spiro atoms. The smallest absolute Gasteiger partial charge is 0.326 e. The first-order valence-electron chi connectivity index (χ1n) is 7.74. The summed E-state index contributed by atoms with van der Waals surface area (Å²) in [7, 11) is 1.57. The van der Waals surface area contributed by atoms with Crippen LogP contribution in [0, 0.1) is 11.8 Å². The van der Waals surface area contributed by atoms with E-state index < -0.39 is 12.0 Å². The maximum Gasteiger partial charge on any atom is 0.326 e. The Morgan fingerprint density at radius 1 is 1.33 bits per heavy atom. The number of urea groups is 1. The molecule has 0 radical (unpaired) electrons. The van der Waals surface area contributed by atoms with E-state index in [4.69, 9.17) is 9.84 Å². The summed E-state index contributed by atoms with van der Waals surface area (Å²) in [4.78, 5) is 23.1. The third kappa shape index (κ3) is 5.91. The number of amides is 2. The van der Waals surface area contributed by atoms with Crippen LogP contribution < -0.4 is 10.6 Å². The Balaban J connectivity index is 2.44. The fraction of sp³-hybridized carbons (Fsp3) is 0.867. The van der Waals surface area contributed by atoms with Crippen LogP contribution in [-0.2, 0) is 9.53 Å². The maximum atomic E-state index is 12.0. The molecule has 1 fully saturated rings. The molecule has 2 amide bonds. The zero-order valence-corrected chi connectivity index (χ0v) is 13.2. The van der Waals surface area contributed by atoms with Gasteiger partial charge in [0.1, 0.15) is 6.04 Å². The molecular weight excluding hydrogens is 272 g/mol. The van der Waals surface area contributed by atoms with Crippen molar-refractivity contribution in [3.8, 4) is 0 Å². The van der Waals surface area contributed by atoms with E-state index in [9.17, 15) is 9.59 Å². The van der Waals surface area contributed by atoms with Gasteiger partial charge in [0.15, 0.2) is 0 Å². The molecule has 0 heterocycles. The topological polar surface area (TPSA) is 87.7 Å². The normalized spacial score (nSPS) is 26.9. The van der Waals surface area contributed by atoms with Gasteiger partial charge >= 0.3 is 12.0 Å². The van der Waals surface area contributed by atoms with Crippen molar-refractivity contribution in [1.29, 1.82) is 0 Å². The molecule has 0 aromatic rings. The average Bonchev–Trinajstić information content (AvgIpc) is 2.43. The Morgan fingerprint density at radius 3 is 2.67 bits per heavy atom. The Labute approximate surface area is 126 Å². The van der Waals surface area contributed by atoms with Crippen molar-refractivity contribution in [3.63, 3.8) is 0 Å². The second-order valence-electron chi connectivity index (χ2n) is 6.02.